The Labute approximate surface area is 180 Å². The van der Waals surface area contributed by atoms with Crippen LogP contribution in [-0.2, 0) is 9.53 Å². The van der Waals surface area contributed by atoms with E-state index in [0.717, 1.165) is 10.2 Å². The number of aromatic carboxylic acids is 1. The van der Waals surface area contributed by atoms with Gasteiger partial charge in [0.15, 0.2) is 6.61 Å². The predicted octanol–water partition coefficient (Wildman–Crippen LogP) is 4.46. The second kappa shape index (κ2) is 8.76. The van der Waals surface area contributed by atoms with Gasteiger partial charge in [-0.05, 0) is 42.5 Å². The van der Waals surface area contributed by atoms with E-state index in [4.69, 9.17) is 9.84 Å². The molecule has 4 aromatic rings. The van der Waals surface area contributed by atoms with Gasteiger partial charge in [-0.1, -0.05) is 30.3 Å². The number of nitrogens with one attached hydrogen (secondary N) is 1. The maximum atomic E-state index is 12.6. The number of para-hydroxylation sites is 1. The molecule has 1 heterocycles. The maximum Gasteiger partial charge on any atom is 0.339 e. The van der Waals surface area contributed by atoms with Gasteiger partial charge in [-0.3, -0.25) is 4.79 Å². The van der Waals surface area contributed by atoms with Crippen LogP contribution in [0.3, 0.4) is 0 Å². The van der Waals surface area contributed by atoms with Gasteiger partial charge in [0.25, 0.3) is 5.91 Å². The minimum Gasteiger partial charge on any atom is -0.478 e. The number of carbonyl (C=O) groups is 3. The van der Waals surface area contributed by atoms with Gasteiger partial charge in [0.05, 0.1) is 21.3 Å². The fourth-order valence-electron chi connectivity index (χ4n) is 2.94. The van der Waals surface area contributed by atoms with Gasteiger partial charge in [-0.25, -0.2) is 14.6 Å². The van der Waals surface area contributed by atoms with Crippen LogP contribution >= 0.6 is 11.3 Å². The summed E-state index contributed by atoms with van der Waals surface area (Å²) in [6.45, 7) is -0.478. The lowest BCUT2D eigenvalue weighted by molar-refractivity contribution is -0.119. The normalized spacial score (nSPS) is 10.6. The molecule has 0 bridgehead atoms. The zero-order valence-electron chi connectivity index (χ0n) is 16.1. The number of ether oxygens (including phenoxy) is 1. The van der Waals surface area contributed by atoms with Gasteiger partial charge < -0.3 is 15.2 Å². The molecule has 7 nitrogen and oxygen atoms in total. The number of carbonyl (C=O) groups excluding carboxylic acids is 2. The molecule has 0 saturated heterocycles. The van der Waals surface area contributed by atoms with E-state index in [-0.39, 0.29) is 5.56 Å². The number of thiazole rings is 1. The average molecular weight is 432 g/mol. The summed E-state index contributed by atoms with van der Waals surface area (Å²) in [5, 5.41) is 12.2. The summed E-state index contributed by atoms with van der Waals surface area (Å²) in [5.74, 6) is -2.22. The van der Waals surface area contributed by atoms with Crippen LogP contribution in [0.1, 0.15) is 20.7 Å². The summed E-state index contributed by atoms with van der Waals surface area (Å²) in [6.07, 6.45) is 0. The Morgan fingerprint density at radius 1 is 0.935 bits per heavy atom. The Bertz CT molecular complexity index is 1250. The van der Waals surface area contributed by atoms with Crippen LogP contribution < -0.4 is 5.32 Å². The number of hydrogen-bond donors (Lipinski definition) is 2. The Hall–Kier alpha value is -4.04. The molecule has 0 saturated carbocycles. The molecule has 0 spiro atoms. The molecule has 0 fully saturated rings. The number of amides is 1. The first-order chi connectivity index (χ1) is 15.0. The van der Waals surface area contributed by atoms with Crippen LogP contribution in [0.4, 0.5) is 5.69 Å². The molecule has 154 valence electrons. The SMILES string of the molecule is O=C(COC(=O)c1ccccc1-c1nc2ccccc2s1)Nc1ccc(C(=O)O)cc1. The first kappa shape index (κ1) is 20.2. The number of aromatic nitrogens is 1. The van der Waals surface area contributed by atoms with Crippen molar-refractivity contribution in [1.29, 1.82) is 0 Å². The van der Waals surface area contributed by atoms with Crippen LogP contribution in [0, 0.1) is 0 Å². The molecular formula is C23H16N2O5S. The third-order valence-corrected chi connectivity index (χ3v) is 5.49. The summed E-state index contributed by atoms with van der Waals surface area (Å²) in [7, 11) is 0. The number of anilines is 1. The van der Waals surface area contributed by atoms with Crippen molar-refractivity contribution in [2.75, 3.05) is 11.9 Å². The summed E-state index contributed by atoms with van der Waals surface area (Å²) in [4.78, 5) is 40.2. The second-order valence-corrected chi connectivity index (χ2v) is 7.57. The topological polar surface area (TPSA) is 106 Å². The molecule has 3 aromatic carbocycles. The summed E-state index contributed by atoms with van der Waals surface area (Å²) >= 11 is 1.47. The minimum absolute atomic E-state index is 0.107. The molecule has 0 aliphatic heterocycles. The number of nitrogens with zero attached hydrogens (tertiary/aromatic N) is 1. The van der Waals surface area contributed by atoms with Gasteiger partial charge in [0.2, 0.25) is 0 Å². The molecule has 0 aliphatic rings. The Balaban J connectivity index is 1.44. The lowest BCUT2D eigenvalue weighted by Gasteiger charge is -2.09. The van der Waals surface area contributed by atoms with Crippen LogP contribution in [0.5, 0.6) is 0 Å². The number of carboxylic acid groups (broad SMARTS) is 1. The van der Waals surface area contributed by atoms with Crippen molar-refractivity contribution in [3.05, 3.63) is 83.9 Å². The van der Waals surface area contributed by atoms with Crippen molar-refractivity contribution >= 4 is 45.1 Å². The molecule has 4 rings (SSSR count). The van der Waals surface area contributed by atoms with E-state index >= 15 is 0 Å². The Morgan fingerprint density at radius 2 is 1.65 bits per heavy atom. The second-order valence-electron chi connectivity index (χ2n) is 6.54. The summed E-state index contributed by atoms with van der Waals surface area (Å²) < 4.78 is 6.20. The van der Waals surface area contributed by atoms with Crippen LogP contribution in [0.15, 0.2) is 72.8 Å². The van der Waals surface area contributed by atoms with Gasteiger partial charge >= 0.3 is 11.9 Å². The monoisotopic (exact) mass is 432 g/mol. The fourth-order valence-corrected chi connectivity index (χ4v) is 3.94. The highest BCUT2D eigenvalue weighted by atomic mass is 32.1. The lowest BCUT2D eigenvalue weighted by Crippen LogP contribution is -2.21. The predicted molar refractivity (Wildman–Crippen MR) is 117 cm³/mol. The first-order valence-corrected chi connectivity index (χ1v) is 10.1. The van der Waals surface area contributed by atoms with Gasteiger partial charge in [0.1, 0.15) is 5.01 Å². The number of fused-ring (bicyclic) bond motifs is 1. The number of carboxylic acids is 1. The van der Waals surface area contributed by atoms with Crippen LogP contribution in [0.25, 0.3) is 20.8 Å². The van der Waals surface area contributed by atoms with Gasteiger partial charge in [-0.2, -0.15) is 0 Å². The zero-order chi connectivity index (χ0) is 21.8. The molecule has 0 radical (unpaired) electrons. The van der Waals surface area contributed by atoms with E-state index in [9.17, 15) is 14.4 Å². The molecule has 0 unspecified atom stereocenters. The van der Waals surface area contributed by atoms with Gasteiger partial charge in [-0.15, -0.1) is 11.3 Å². The number of hydrogen-bond acceptors (Lipinski definition) is 6. The van der Waals surface area contributed by atoms with E-state index in [1.165, 1.54) is 35.6 Å². The Morgan fingerprint density at radius 3 is 2.39 bits per heavy atom. The summed E-state index contributed by atoms with van der Waals surface area (Å²) in [5.41, 5.74) is 2.31. The lowest BCUT2D eigenvalue weighted by atomic mass is 10.1. The zero-order valence-corrected chi connectivity index (χ0v) is 16.9. The first-order valence-electron chi connectivity index (χ1n) is 9.26. The third kappa shape index (κ3) is 4.59. The highest BCUT2D eigenvalue weighted by molar-refractivity contribution is 7.21. The minimum atomic E-state index is -1.06. The summed E-state index contributed by atoms with van der Waals surface area (Å²) in [6, 6.07) is 20.3. The van der Waals surface area contributed by atoms with Crippen LogP contribution in [0.2, 0.25) is 0 Å². The smallest absolute Gasteiger partial charge is 0.339 e. The average Bonchev–Trinajstić information content (AvgIpc) is 3.22. The van der Waals surface area contributed by atoms with Crippen molar-refractivity contribution in [2.24, 2.45) is 0 Å². The van der Waals surface area contributed by atoms with Crippen LogP contribution in [-0.4, -0.2) is 34.5 Å². The number of rotatable bonds is 6. The van der Waals surface area contributed by atoms with E-state index in [1.54, 1.807) is 18.2 Å². The molecule has 0 aliphatic carbocycles. The number of esters is 1. The van der Waals surface area contributed by atoms with Crippen molar-refractivity contribution < 1.29 is 24.2 Å². The molecule has 0 atom stereocenters. The maximum absolute atomic E-state index is 12.6. The van der Waals surface area contributed by atoms with E-state index < -0.39 is 24.5 Å². The molecular weight excluding hydrogens is 416 g/mol. The quantitative estimate of drug-likeness (QED) is 0.436. The molecule has 1 aromatic heterocycles. The molecule has 8 heteroatoms. The highest BCUT2D eigenvalue weighted by Gasteiger charge is 2.18. The van der Waals surface area contributed by atoms with Crippen molar-refractivity contribution in [3.63, 3.8) is 0 Å². The van der Waals surface area contributed by atoms with Crippen molar-refractivity contribution in [1.82, 2.24) is 4.98 Å². The third-order valence-electron chi connectivity index (χ3n) is 4.42. The molecule has 2 N–H and O–H groups in total. The molecule has 1 amide bonds. The van der Waals surface area contributed by atoms with E-state index in [0.29, 0.717) is 21.8 Å². The van der Waals surface area contributed by atoms with Gasteiger partial charge in [0, 0.05) is 11.3 Å². The number of benzene rings is 3. The Kier molecular flexibility index (Phi) is 5.72. The van der Waals surface area contributed by atoms with E-state index in [2.05, 4.69) is 10.3 Å². The molecule has 31 heavy (non-hydrogen) atoms. The largest absolute Gasteiger partial charge is 0.478 e. The standard InChI is InChI=1S/C23H16N2O5S/c26-20(24-15-11-9-14(10-12-15)22(27)28)13-30-23(29)17-6-2-1-5-16(17)21-25-18-7-3-4-8-19(18)31-21/h1-12H,13H2,(H,24,26)(H,27,28). The van der Waals surface area contributed by atoms with Crippen molar-refractivity contribution in [3.8, 4) is 10.6 Å². The van der Waals surface area contributed by atoms with E-state index in [1.807, 2.05) is 30.3 Å². The highest BCUT2D eigenvalue weighted by Crippen LogP contribution is 2.32. The fraction of sp³-hybridized carbons (Fsp3) is 0.0435. The van der Waals surface area contributed by atoms with Crippen molar-refractivity contribution in [2.45, 2.75) is 0 Å².